The van der Waals surface area contributed by atoms with Crippen molar-refractivity contribution in [1.82, 2.24) is 20.4 Å². The predicted octanol–water partition coefficient (Wildman–Crippen LogP) is 3.04. The molecule has 1 aliphatic rings. The number of ether oxygens (including phenoxy) is 1. The van der Waals surface area contributed by atoms with Crippen molar-refractivity contribution in [3.05, 3.63) is 77.9 Å². The van der Waals surface area contributed by atoms with Gasteiger partial charge < -0.3 is 14.6 Å². The van der Waals surface area contributed by atoms with Gasteiger partial charge in [0.05, 0.1) is 12.2 Å². The fraction of sp³-hybridized carbons (Fsp3) is 0.318. The minimum absolute atomic E-state index is 0.151. The molecule has 4 rings (SSSR count). The number of rotatable bonds is 7. The summed E-state index contributed by atoms with van der Waals surface area (Å²) in [6.07, 6.45) is 5.47. The van der Waals surface area contributed by atoms with Crippen LogP contribution >= 0.6 is 0 Å². The molecule has 0 radical (unpaired) electrons. The van der Waals surface area contributed by atoms with Crippen LogP contribution in [0.4, 0.5) is 0 Å². The molecule has 1 N–H and O–H groups in total. The lowest BCUT2D eigenvalue weighted by molar-refractivity contribution is 0.0946. The lowest BCUT2D eigenvalue weighted by Crippen LogP contribution is -2.37. The summed E-state index contributed by atoms with van der Waals surface area (Å²) in [6, 6.07) is 15.0. The van der Waals surface area contributed by atoms with Gasteiger partial charge >= 0.3 is 0 Å². The van der Waals surface area contributed by atoms with Crippen LogP contribution in [-0.2, 0) is 13.1 Å². The molecule has 3 heterocycles. The SMILES string of the molecule is O=C(NCc1ccon1)c1ccc(OC2CCN(Cc3ccccn3)CC2)cc1. The van der Waals surface area contributed by atoms with Crippen molar-refractivity contribution in [1.29, 1.82) is 0 Å². The Kier molecular flexibility index (Phi) is 6.16. The van der Waals surface area contributed by atoms with Crippen LogP contribution in [0.5, 0.6) is 5.75 Å². The smallest absolute Gasteiger partial charge is 0.251 e. The molecule has 7 heteroatoms. The second kappa shape index (κ2) is 9.34. The summed E-state index contributed by atoms with van der Waals surface area (Å²) in [5.74, 6) is 0.642. The van der Waals surface area contributed by atoms with E-state index < -0.39 is 0 Å². The number of likely N-dealkylation sites (tertiary alicyclic amines) is 1. The first-order valence-electron chi connectivity index (χ1n) is 9.83. The Labute approximate surface area is 169 Å². The molecular weight excluding hydrogens is 368 g/mol. The maximum Gasteiger partial charge on any atom is 0.251 e. The second-order valence-electron chi connectivity index (χ2n) is 7.11. The molecule has 1 amide bonds. The third kappa shape index (κ3) is 5.42. The van der Waals surface area contributed by atoms with Gasteiger partial charge in [0, 0.05) is 37.5 Å². The number of benzene rings is 1. The van der Waals surface area contributed by atoms with Crippen molar-refractivity contribution in [3.63, 3.8) is 0 Å². The molecule has 0 spiro atoms. The molecule has 1 fully saturated rings. The largest absolute Gasteiger partial charge is 0.490 e. The van der Waals surface area contributed by atoms with Crippen LogP contribution in [0.25, 0.3) is 0 Å². The van der Waals surface area contributed by atoms with Crippen molar-refractivity contribution in [2.75, 3.05) is 13.1 Å². The maximum atomic E-state index is 12.2. The Hall–Kier alpha value is -3.19. The Balaban J connectivity index is 1.22. The van der Waals surface area contributed by atoms with Crippen molar-refractivity contribution < 1.29 is 14.1 Å². The fourth-order valence-electron chi connectivity index (χ4n) is 3.38. The third-order valence-electron chi connectivity index (χ3n) is 4.99. The molecule has 29 heavy (non-hydrogen) atoms. The molecule has 0 aliphatic carbocycles. The number of carbonyl (C=O) groups excluding carboxylic acids is 1. The van der Waals surface area contributed by atoms with Crippen molar-refractivity contribution in [3.8, 4) is 5.75 Å². The number of piperidine rings is 1. The number of carbonyl (C=O) groups is 1. The third-order valence-corrected chi connectivity index (χ3v) is 4.99. The number of hydrogen-bond donors (Lipinski definition) is 1. The van der Waals surface area contributed by atoms with Crippen LogP contribution in [0.15, 0.2) is 65.5 Å². The van der Waals surface area contributed by atoms with Crippen LogP contribution in [0.3, 0.4) is 0 Å². The monoisotopic (exact) mass is 392 g/mol. The van der Waals surface area contributed by atoms with Gasteiger partial charge in [0.2, 0.25) is 0 Å². The highest BCUT2D eigenvalue weighted by atomic mass is 16.5. The van der Waals surface area contributed by atoms with Gasteiger partial charge in [-0.25, -0.2) is 0 Å². The van der Waals surface area contributed by atoms with Gasteiger partial charge in [-0.1, -0.05) is 11.2 Å². The molecule has 0 atom stereocenters. The van der Waals surface area contributed by atoms with E-state index in [0.29, 0.717) is 17.8 Å². The van der Waals surface area contributed by atoms with Gasteiger partial charge in [0.25, 0.3) is 5.91 Å². The Morgan fingerprint density at radius 1 is 1.10 bits per heavy atom. The highest BCUT2D eigenvalue weighted by Crippen LogP contribution is 2.20. The molecule has 3 aromatic rings. The zero-order valence-corrected chi connectivity index (χ0v) is 16.2. The maximum absolute atomic E-state index is 12.2. The van der Waals surface area contributed by atoms with Crippen LogP contribution in [0.2, 0.25) is 0 Å². The summed E-state index contributed by atoms with van der Waals surface area (Å²) in [4.78, 5) is 19.0. The van der Waals surface area contributed by atoms with Gasteiger partial charge in [0.15, 0.2) is 0 Å². The predicted molar refractivity (Wildman–Crippen MR) is 107 cm³/mol. The average molecular weight is 392 g/mol. The normalized spacial score (nSPS) is 15.2. The second-order valence-corrected chi connectivity index (χ2v) is 7.11. The average Bonchev–Trinajstić information content (AvgIpc) is 3.28. The molecule has 1 saturated heterocycles. The Morgan fingerprint density at radius 2 is 1.93 bits per heavy atom. The van der Waals surface area contributed by atoms with E-state index in [-0.39, 0.29) is 12.0 Å². The van der Waals surface area contributed by atoms with Gasteiger partial charge in [-0.3, -0.25) is 14.7 Å². The van der Waals surface area contributed by atoms with E-state index in [4.69, 9.17) is 9.26 Å². The van der Waals surface area contributed by atoms with Crippen molar-refractivity contribution >= 4 is 5.91 Å². The zero-order chi connectivity index (χ0) is 19.9. The topological polar surface area (TPSA) is 80.5 Å². The first-order chi connectivity index (χ1) is 14.3. The molecular formula is C22H24N4O3. The van der Waals surface area contributed by atoms with E-state index in [2.05, 4.69) is 26.4 Å². The molecule has 1 aliphatic heterocycles. The number of amides is 1. The molecule has 7 nitrogen and oxygen atoms in total. The Morgan fingerprint density at radius 3 is 2.62 bits per heavy atom. The first-order valence-corrected chi connectivity index (χ1v) is 9.83. The number of pyridine rings is 1. The van der Waals surface area contributed by atoms with Gasteiger partial charge in [-0.05, 0) is 49.2 Å². The van der Waals surface area contributed by atoms with Crippen LogP contribution in [-0.4, -0.2) is 40.1 Å². The molecule has 0 bridgehead atoms. The standard InChI is InChI=1S/C22H24N4O3/c27-22(24-15-18-10-14-28-25-18)17-4-6-20(7-5-17)29-21-8-12-26(13-9-21)16-19-3-1-2-11-23-19/h1-7,10-11,14,21H,8-9,12-13,15-16H2,(H,24,27). The summed E-state index contributed by atoms with van der Waals surface area (Å²) in [7, 11) is 0. The summed E-state index contributed by atoms with van der Waals surface area (Å²) in [5.41, 5.74) is 2.38. The van der Waals surface area contributed by atoms with Crippen LogP contribution < -0.4 is 10.1 Å². The Bertz CT molecular complexity index is 890. The lowest BCUT2D eigenvalue weighted by Gasteiger charge is -2.31. The lowest BCUT2D eigenvalue weighted by atomic mass is 10.1. The number of aromatic nitrogens is 2. The van der Waals surface area contributed by atoms with E-state index in [1.54, 1.807) is 18.2 Å². The first kappa shape index (κ1) is 19.1. The number of nitrogens with one attached hydrogen (secondary N) is 1. The van der Waals surface area contributed by atoms with Gasteiger partial charge in [-0.15, -0.1) is 0 Å². The summed E-state index contributed by atoms with van der Waals surface area (Å²) < 4.78 is 10.9. The minimum atomic E-state index is -0.151. The van der Waals surface area contributed by atoms with Gasteiger partial charge in [-0.2, -0.15) is 0 Å². The summed E-state index contributed by atoms with van der Waals surface area (Å²) >= 11 is 0. The minimum Gasteiger partial charge on any atom is -0.490 e. The summed E-state index contributed by atoms with van der Waals surface area (Å²) in [5, 5.41) is 6.59. The van der Waals surface area contributed by atoms with Gasteiger partial charge in [0.1, 0.15) is 23.8 Å². The molecule has 0 unspecified atom stereocenters. The van der Waals surface area contributed by atoms with E-state index in [9.17, 15) is 4.79 Å². The molecule has 2 aromatic heterocycles. The van der Waals surface area contributed by atoms with E-state index in [1.807, 2.05) is 30.5 Å². The molecule has 0 saturated carbocycles. The van der Waals surface area contributed by atoms with Crippen molar-refractivity contribution in [2.45, 2.75) is 32.0 Å². The highest BCUT2D eigenvalue weighted by molar-refractivity contribution is 5.94. The van der Waals surface area contributed by atoms with E-state index in [1.165, 1.54) is 6.26 Å². The molecule has 150 valence electrons. The summed E-state index contributed by atoms with van der Waals surface area (Å²) in [6.45, 7) is 3.20. The highest BCUT2D eigenvalue weighted by Gasteiger charge is 2.21. The fourth-order valence-corrected chi connectivity index (χ4v) is 3.38. The number of hydrogen-bond acceptors (Lipinski definition) is 6. The quantitative estimate of drug-likeness (QED) is 0.666. The van der Waals surface area contributed by atoms with E-state index in [0.717, 1.165) is 43.9 Å². The number of nitrogens with zero attached hydrogens (tertiary/aromatic N) is 3. The molecule has 1 aromatic carbocycles. The van der Waals surface area contributed by atoms with Crippen LogP contribution in [0, 0.1) is 0 Å². The van der Waals surface area contributed by atoms with E-state index >= 15 is 0 Å². The van der Waals surface area contributed by atoms with Crippen LogP contribution in [0.1, 0.15) is 34.6 Å². The van der Waals surface area contributed by atoms with Crippen molar-refractivity contribution in [2.24, 2.45) is 0 Å². The zero-order valence-electron chi connectivity index (χ0n) is 16.2.